The molecule has 0 spiro atoms. The lowest BCUT2D eigenvalue weighted by Crippen LogP contribution is -2.69. The molecule has 1 aliphatic rings. The lowest BCUT2D eigenvalue weighted by atomic mass is 9.69. The Kier molecular flexibility index (Phi) is 12.9. The van der Waals surface area contributed by atoms with Crippen LogP contribution in [0.4, 0.5) is 4.79 Å². The van der Waals surface area contributed by atoms with Gasteiger partial charge >= 0.3 is 6.16 Å². The Morgan fingerprint density at radius 1 is 0.854 bits per heavy atom. The van der Waals surface area contributed by atoms with Gasteiger partial charge in [0.15, 0.2) is 9.04 Å². The van der Waals surface area contributed by atoms with E-state index in [2.05, 4.69) is 39.9 Å². The molecule has 1 amide bonds. The molecule has 1 aliphatic heterocycles. The van der Waals surface area contributed by atoms with E-state index in [1.807, 2.05) is 83.8 Å². The summed E-state index contributed by atoms with van der Waals surface area (Å²) in [5, 5.41) is 0. The molecule has 3 atom stereocenters. The highest BCUT2D eigenvalue weighted by Crippen LogP contribution is 2.44. The largest absolute Gasteiger partial charge is 0.508 e. The van der Waals surface area contributed by atoms with Crippen LogP contribution in [0.3, 0.4) is 0 Å². The van der Waals surface area contributed by atoms with Crippen molar-refractivity contribution in [3.8, 4) is 11.5 Å². The van der Waals surface area contributed by atoms with Crippen molar-refractivity contribution < 1.29 is 33.0 Å². The highest BCUT2D eigenvalue weighted by molar-refractivity contribution is 6.48. The number of carbonyl (C=O) groups is 2. The topological polar surface area (TPSA) is 83.5 Å². The molecular formula is C39H51NO7Si. The molecular weight excluding hydrogens is 623 g/mol. The molecule has 0 unspecified atom stereocenters. The standard InChI is InChI=1S/C39H51NO7Si/c1-27(47-38(42)45-26-30-12-10-9-11-13-30)35-36(34(39(2,3)4)22-23-46-48(7)8)40(37(35)41)31(24-28-14-18-32(43-5)19-15-28)25-29-16-20-33(44-6)21-17-29/h9-22,27,31,35-36,48H,23-26H2,1-8H3/t27-,35-,36-/m1/s1. The number of hydrogen-bond acceptors (Lipinski definition) is 7. The Morgan fingerprint density at radius 3 is 1.88 bits per heavy atom. The Morgan fingerprint density at radius 2 is 1.40 bits per heavy atom. The highest BCUT2D eigenvalue weighted by atomic mass is 28.3. The molecule has 1 saturated heterocycles. The van der Waals surface area contributed by atoms with Crippen LogP contribution < -0.4 is 9.47 Å². The zero-order valence-electron chi connectivity index (χ0n) is 29.6. The number of amides is 1. The van der Waals surface area contributed by atoms with E-state index in [4.69, 9.17) is 23.4 Å². The summed E-state index contributed by atoms with van der Waals surface area (Å²) in [4.78, 5) is 29.3. The van der Waals surface area contributed by atoms with Crippen LogP contribution in [0.1, 0.15) is 44.4 Å². The Bertz CT molecular complexity index is 1450. The maximum absolute atomic E-state index is 14.4. The molecule has 1 fully saturated rings. The van der Waals surface area contributed by atoms with E-state index in [0.717, 1.165) is 33.8 Å². The number of nitrogens with zero attached hydrogens (tertiary/aromatic N) is 1. The first-order chi connectivity index (χ1) is 22.9. The van der Waals surface area contributed by atoms with Gasteiger partial charge in [0.2, 0.25) is 5.91 Å². The fourth-order valence-corrected chi connectivity index (χ4v) is 6.74. The number of rotatable bonds is 15. The summed E-state index contributed by atoms with van der Waals surface area (Å²) in [6, 6.07) is 24.9. The summed E-state index contributed by atoms with van der Waals surface area (Å²) in [5.41, 5.74) is 3.84. The van der Waals surface area contributed by atoms with Gasteiger partial charge in [-0.2, -0.15) is 0 Å². The van der Waals surface area contributed by atoms with Gasteiger partial charge in [-0.25, -0.2) is 4.79 Å². The van der Waals surface area contributed by atoms with Crippen LogP contribution in [0.2, 0.25) is 13.1 Å². The van der Waals surface area contributed by atoms with E-state index in [-0.39, 0.29) is 30.0 Å². The number of likely N-dealkylation sites (tertiary alicyclic amines) is 1. The van der Waals surface area contributed by atoms with Gasteiger partial charge in [-0.15, -0.1) is 0 Å². The first-order valence-electron chi connectivity index (χ1n) is 16.7. The molecule has 3 aromatic carbocycles. The second kappa shape index (κ2) is 16.8. The van der Waals surface area contributed by atoms with Crippen molar-refractivity contribution >= 4 is 21.1 Å². The minimum absolute atomic E-state index is 0.0512. The maximum Gasteiger partial charge on any atom is 0.508 e. The van der Waals surface area contributed by atoms with E-state index >= 15 is 0 Å². The van der Waals surface area contributed by atoms with Gasteiger partial charge in [0.25, 0.3) is 0 Å². The van der Waals surface area contributed by atoms with Gasteiger partial charge in [-0.05, 0) is 84.8 Å². The number of ether oxygens (including phenoxy) is 4. The third-order valence-corrected chi connectivity index (χ3v) is 9.60. The molecule has 48 heavy (non-hydrogen) atoms. The lowest BCUT2D eigenvalue weighted by molar-refractivity contribution is -0.167. The molecule has 4 rings (SSSR count). The first kappa shape index (κ1) is 36.7. The first-order valence-corrected chi connectivity index (χ1v) is 19.5. The van der Waals surface area contributed by atoms with E-state index < -0.39 is 27.2 Å². The van der Waals surface area contributed by atoms with Gasteiger partial charge < -0.3 is 28.3 Å². The van der Waals surface area contributed by atoms with Crippen LogP contribution in [0.15, 0.2) is 90.5 Å². The van der Waals surface area contributed by atoms with Crippen molar-refractivity contribution in [2.24, 2.45) is 11.3 Å². The molecule has 0 aliphatic carbocycles. The molecule has 0 N–H and O–H groups in total. The summed E-state index contributed by atoms with van der Waals surface area (Å²) in [5.74, 6) is 0.926. The summed E-state index contributed by atoms with van der Waals surface area (Å²) in [6.45, 7) is 13.1. The number of β-lactam (4-membered cyclic amide) rings is 1. The van der Waals surface area contributed by atoms with Gasteiger partial charge in [0.1, 0.15) is 24.2 Å². The molecule has 3 aromatic rings. The van der Waals surface area contributed by atoms with E-state index in [1.165, 1.54) is 0 Å². The van der Waals surface area contributed by atoms with Crippen LogP contribution in [-0.2, 0) is 38.1 Å². The van der Waals surface area contributed by atoms with Gasteiger partial charge in [-0.1, -0.05) is 81.4 Å². The molecule has 1 heterocycles. The minimum Gasteiger partial charge on any atom is -0.497 e. The summed E-state index contributed by atoms with van der Waals surface area (Å²) in [6.07, 6.45) is 1.90. The van der Waals surface area contributed by atoms with Gasteiger partial charge in [-0.3, -0.25) is 4.79 Å². The van der Waals surface area contributed by atoms with Crippen molar-refractivity contribution in [2.75, 3.05) is 20.8 Å². The molecule has 258 valence electrons. The van der Waals surface area contributed by atoms with Crippen LogP contribution in [-0.4, -0.2) is 65.0 Å². The Labute approximate surface area is 287 Å². The maximum atomic E-state index is 14.4. The molecule has 0 aromatic heterocycles. The summed E-state index contributed by atoms with van der Waals surface area (Å²) in [7, 11) is 2.02. The molecule has 0 bridgehead atoms. The summed E-state index contributed by atoms with van der Waals surface area (Å²) >= 11 is 0. The van der Waals surface area contributed by atoms with Gasteiger partial charge in [0.05, 0.1) is 32.8 Å². The van der Waals surface area contributed by atoms with Crippen LogP contribution in [0.25, 0.3) is 0 Å². The molecule has 9 heteroatoms. The third kappa shape index (κ3) is 9.73. The van der Waals surface area contributed by atoms with E-state index in [0.29, 0.717) is 19.4 Å². The van der Waals surface area contributed by atoms with E-state index in [1.54, 1.807) is 21.1 Å². The van der Waals surface area contributed by atoms with Crippen molar-refractivity contribution in [1.82, 2.24) is 4.90 Å². The SMILES string of the molecule is COc1ccc(CC(Cc2ccc(OC)cc2)N2C(=O)[C@H]([C@@H](C)OC(=O)OCc3ccccc3)[C@H]2C(=CCO[SiH](C)C)C(C)(C)C)cc1. The Hall–Kier alpha value is -4.08. The number of methoxy groups -OCH3 is 2. The second-order valence-corrected chi connectivity index (χ2v) is 16.0. The number of benzene rings is 3. The molecule has 0 saturated carbocycles. The zero-order valence-corrected chi connectivity index (χ0v) is 30.8. The fraction of sp³-hybridized carbons (Fsp3) is 0.436. The van der Waals surface area contributed by atoms with Crippen molar-refractivity contribution in [1.29, 1.82) is 0 Å². The molecule has 8 nitrogen and oxygen atoms in total. The van der Waals surface area contributed by atoms with Crippen molar-refractivity contribution in [2.45, 2.75) is 78.4 Å². The van der Waals surface area contributed by atoms with Crippen LogP contribution in [0.5, 0.6) is 11.5 Å². The lowest BCUT2D eigenvalue weighted by Gasteiger charge is -2.55. The fourth-order valence-electron chi connectivity index (χ4n) is 6.26. The van der Waals surface area contributed by atoms with Crippen LogP contribution in [0, 0.1) is 11.3 Å². The average molecular weight is 674 g/mol. The Balaban J connectivity index is 1.68. The third-order valence-electron chi connectivity index (χ3n) is 8.74. The smallest absolute Gasteiger partial charge is 0.497 e. The zero-order chi connectivity index (χ0) is 34.8. The van der Waals surface area contributed by atoms with E-state index in [9.17, 15) is 9.59 Å². The number of hydrogen-bond donors (Lipinski definition) is 0. The monoisotopic (exact) mass is 673 g/mol. The quantitative estimate of drug-likeness (QED) is 0.0720. The minimum atomic E-state index is -1.28. The predicted octanol–water partition coefficient (Wildman–Crippen LogP) is 7.40. The van der Waals surface area contributed by atoms with Crippen molar-refractivity contribution in [3.05, 3.63) is 107 Å². The van der Waals surface area contributed by atoms with Crippen molar-refractivity contribution in [3.63, 3.8) is 0 Å². The highest BCUT2D eigenvalue weighted by Gasteiger charge is 2.56. The normalized spacial score (nSPS) is 17.2. The molecule has 0 radical (unpaired) electrons. The van der Waals surface area contributed by atoms with Crippen LogP contribution >= 0.6 is 0 Å². The summed E-state index contributed by atoms with van der Waals surface area (Å²) < 4.78 is 28.2. The number of carbonyl (C=O) groups excluding carboxylic acids is 2. The average Bonchev–Trinajstić information content (AvgIpc) is 3.05. The second-order valence-electron chi connectivity index (χ2n) is 13.6. The van der Waals surface area contributed by atoms with Gasteiger partial charge in [0, 0.05) is 6.04 Å². The predicted molar refractivity (Wildman–Crippen MR) is 191 cm³/mol.